The maximum absolute atomic E-state index is 12.5. The van der Waals surface area contributed by atoms with Gasteiger partial charge in [-0.3, -0.25) is 29.4 Å². The van der Waals surface area contributed by atoms with E-state index in [9.17, 15) is 29.6 Å². The van der Waals surface area contributed by atoms with Crippen molar-refractivity contribution in [1.82, 2.24) is 9.80 Å². The molecule has 2 saturated heterocycles. The number of benzene rings is 1. The topological polar surface area (TPSA) is 121 Å². The number of imide groups is 1. The third kappa shape index (κ3) is 3.98. The highest BCUT2D eigenvalue weighted by Crippen LogP contribution is 2.38. The van der Waals surface area contributed by atoms with Crippen molar-refractivity contribution in [3.63, 3.8) is 0 Å². The molecule has 0 bridgehead atoms. The number of carbonyl (C=O) groups is 3. The van der Waals surface area contributed by atoms with E-state index in [1.54, 1.807) is 4.90 Å². The van der Waals surface area contributed by atoms with Crippen molar-refractivity contribution in [3.05, 3.63) is 37.2 Å². The summed E-state index contributed by atoms with van der Waals surface area (Å²) in [6, 6.07) is 2.53. The van der Waals surface area contributed by atoms with Gasteiger partial charge in [-0.2, -0.15) is 0 Å². The van der Waals surface area contributed by atoms with Crippen molar-refractivity contribution in [2.45, 2.75) is 12.8 Å². The van der Waals surface area contributed by atoms with Gasteiger partial charge in [-0.15, -0.1) is 0 Å². The van der Waals surface area contributed by atoms with E-state index in [1.807, 2.05) is 0 Å². The lowest BCUT2D eigenvalue weighted by molar-refractivity contribution is -0.385. The van der Waals surface area contributed by atoms with Crippen LogP contribution in [0.5, 0.6) is 5.75 Å². The Labute approximate surface area is 166 Å². The van der Waals surface area contributed by atoms with Gasteiger partial charge in [-0.25, -0.2) is 0 Å². The van der Waals surface area contributed by atoms with E-state index in [0.29, 0.717) is 29.3 Å². The number of nitro benzene ring substituents is 1. The monoisotopic (exact) mass is 455 g/mol. The molecule has 0 aromatic heterocycles. The Balaban J connectivity index is 1.84. The fraction of sp³-hybridized carbons (Fsp3) is 0.312. The molecular weight excluding hydrogens is 442 g/mol. The van der Waals surface area contributed by atoms with Gasteiger partial charge in [-0.05, 0) is 36.7 Å². The number of rotatable bonds is 4. The van der Waals surface area contributed by atoms with Crippen molar-refractivity contribution < 1.29 is 24.4 Å². The molecule has 1 N–H and O–H groups in total. The van der Waals surface area contributed by atoms with Crippen molar-refractivity contribution in [2.75, 3.05) is 19.6 Å². The molecule has 2 heterocycles. The summed E-state index contributed by atoms with van der Waals surface area (Å²) in [5.41, 5.74) is -0.508. The summed E-state index contributed by atoms with van der Waals surface area (Å²) in [5.74, 6) is -1.57. The first-order valence-electron chi connectivity index (χ1n) is 7.98. The molecule has 11 heteroatoms. The number of amides is 3. The number of halogens is 1. The molecule has 2 fully saturated rings. The molecule has 3 rings (SSSR count). The van der Waals surface area contributed by atoms with Crippen LogP contribution in [0.4, 0.5) is 10.5 Å². The molecule has 1 aromatic carbocycles. The predicted octanol–water partition coefficient (Wildman–Crippen LogP) is 2.72. The summed E-state index contributed by atoms with van der Waals surface area (Å²) in [7, 11) is 0. The molecule has 0 spiro atoms. The Kier molecular flexibility index (Phi) is 5.51. The van der Waals surface area contributed by atoms with Crippen LogP contribution in [0.2, 0.25) is 0 Å². The minimum atomic E-state index is -0.752. The first-order chi connectivity index (χ1) is 12.8. The second-order valence-electron chi connectivity index (χ2n) is 5.98. The lowest BCUT2D eigenvalue weighted by atomic mass is 10.1. The standard InChI is InChI=1S/C16H14BrN3O6S/c17-10-5-9(14(22)11(7-10)20(25)26)6-12-15(23)19(16(24)27-12)8-13(21)18-3-1-2-4-18/h5-7,22H,1-4,8H2/b12-6-. The maximum Gasteiger partial charge on any atom is 0.312 e. The van der Waals surface area contributed by atoms with Gasteiger partial charge in [0, 0.05) is 29.2 Å². The zero-order valence-electron chi connectivity index (χ0n) is 13.9. The molecule has 2 aliphatic rings. The van der Waals surface area contributed by atoms with E-state index < -0.39 is 27.5 Å². The highest BCUT2D eigenvalue weighted by molar-refractivity contribution is 9.10. The van der Waals surface area contributed by atoms with Crippen LogP contribution in [0.3, 0.4) is 0 Å². The summed E-state index contributed by atoms with van der Waals surface area (Å²) >= 11 is 3.73. The van der Waals surface area contributed by atoms with Gasteiger partial charge >= 0.3 is 5.69 Å². The minimum absolute atomic E-state index is 0.0167. The van der Waals surface area contributed by atoms with E-state index >= 15 is 0 Å². The molecule has 0 aliphatic carbocycles. The lowest BCUT2D eigenvalue weighted by Gasteiger charge is -2.18. The number of likely N-dealkylation sites (tertiary alicyclic amines) is 1. The Bertz CT molecular complexity index is 881. The third-order valence-corrected chi connectivity index (χ3v) is 5.56. The molecule has 0 atom stereocenters. The zero-order chi connectivity index (χ0) is 19.7. The number of nitro groups is 1. The molecule has 2 aliphatic heterocycles. The van der Waals surface area contributed by atoms with E-state index in [0.717, 1.165) is 23.8 Å². The number of nitrogens with zero attached hydrogens (tertiary/aromatic N) is 3. The number of hydrogen-bond donors (Lipinski definition) is 1. The van der Waals surface area contributed by atoms with Crippen LogP contribution in [-0.2, 0) is 9.59 Å². The van der Waals surface area contributed by atoms with Crippen LogP contribution in [0.15, 0.2) is 21.5 Å². The molecule has 27 heavy (non-hydrogen) atoms. The average Bonchev–Trinajstić information content (AvgIpc) is 3.22. The van der Waals surface area contributed by atoms with E-state index in [-0.39, 0.29) is 22.9 Å². The van der Waals surface area contributed by atoms with Gasteiger partial charge in [0.05, 0.1) is 9.83 Å². The zero-order valence-corrected chi connectivity index (χ0v) is 16.3. The number of phenols is 1. The molecular formula is C16H14BrN3O6S. The lowest BCUT2D eigenvalue weighted by Crippen LogP contribution is -2.40. The molecule has 142 valence electrons. The molecule has 0 saturated carbocycles. The summed E-state index contributed by atoms with van der Waals surface area (Å²) < 4.78 is 0.335. The van der Waals surface area contributed by atoms with Gasteiger partial charge < -0.3 is 10.0 Å². The Morgan fingerprint density at radius 1 is 1.33 bits per heavy atom. The largest absolute Gasteiger partial charge is 0.502 e. The smallest absolute Gasteiger partial charge is 0.312 e. The van der Waals surface area contributed by atoms with Crippen molar-refractivity contribution in [3.8, 4) is 5.75 Å². The van der Waals surface area contributed by atoms with Gasteiger partial charge in [0.25, 0.3) is 11.1 Å². The SMILES string of the molecule is O=C(CN1C(=O)S/C(=C\c2cc(Br)cc([N+](=O)[O-])c2O)C1=O)N1CCCC1. The summed E-state index contributed by atoms with van der Waals surface area (Å²) in [5, 5.41) is 20.5. The highest BCUT2D eigenvalue weighted by atomic mass is 79.9. The van der Waals surface area contributed by atoms with E-state index in [2.05, 4.69) is 15.9 Å². The van der Waals surface area contributed by atoms with Crippen molar-refractivity contribution >= 4 is 56.5 Å². The van der Waals surface area contributed by atoms with E-state index in [1.165, 1.54) is 12.1 Å². The highest BCUT2D eigenvalue weighted by Gasteiger charge is 2.37. The average molecular weight is 456 g/mol. The number of hydrogen-bond acceptors (Lipinski definition) is 7. The first-order valence-corrected chi connectivity index (χ1v) is 9.59. The van der Waals surface area contributed by atoms with Gasteiger partial charge in [0.2, 0.25) is 11.7 Å². The van der Waals surface area contributed by atoms with Crippen molar-refractivity contribution in [1.29, 1.82) is 0 Å². The van der Waals surface area contributed by atoms with Crippen LogP contribution >= 0.6 is 27.7 Å². The molecule has 0 unspecified atom stereocenters. The van der Waals surface area contributed by atoms with Crippen LogP contribution in [0, 0.1) is 10.1 Å². The number of aromatic hydroxyl groups is 1. The Morgan fingerprint density at radius 3 is 2.63 bits per heavy atom. The minimum Gasteiger partial charge on any atom is -0.502 e. The first kappa shape index (κ1) is 19.4. The fourth-order valence-electron chi connectivity index (χ4n) is 2.83. The third-order valence-electron chi connectivity index (χ3n) is 4.19. The second-order valence-corrected chi connectivity index (χ2v) is 7.88. The summed E-state index contributed by atoms with van der Waals surface area (Å²) in [6.07, 6.45) is 3.00. The van der Waals surface area contributed by atoms with Crippen LogP contribution in [0.25, 0.3) is 6.08 Å². The van der Waals surface area contributed by atoms with Crippen molar-refractivity contribution in [2.24, 2.45) is 0 Å². The van der Waals surface area contributed by atoms with Crippen LogP contribution in [0.1, 0.15) is 18.4 Å². The normalized spacial score (nSPS) is 18.6. The summed E-state index contributed by atoms with van der Waals surface area (Å²) in [4.78, 5) is 49.5. The number of thioether (sulfide) groups is 1. The van der Waals surface area contributed by atoms with Gasteiger partial charge in [0.15, 0.2) is 0 Å². The molecule has 9 nitrogen and oxygen atoms in total. The quantitative estimate of drug-likeness (QED) is 0.420. The van der Waals surface area contributed by atoms with Crippen LogP contribution in [-0.4, -0.2) is 56.5 Å². The molecule has 1 aromatic rings. The fourth-order valence-corrected chi connectivity index (χ4v) is 4.13. The number of carbonyl (C=O) groups excluding carboxylic acids is 3. The maximum atomic E-state index is 12.5. The Hall–Kier alpha value is -2.40. The van der Waals surface area contributed by atoms with Crippen LogP contribution < -0.4 is 0 Å². The molecule has 3 amide bonds. The number of phenolic OH excluding ortho intramolecular Hbond substituents is 1. The summed E-state index contributed by atoms with van der Waals surface area (Å²) in [6.45, 7) is 0.883. The molecule has 0 radical (unpaired) electrons. The second kappa shape index (κ2) is 7.69. The van der Waals surface area contributed by atoms with E-state index in [4.69, 9.17) is 0 Å². The van der Waals surface area contributed by atoms with Gasteiger partial charge in [0.1, 0.15) is 6.54 Å². The van der Waals surface area contributed by atoms with Gasteiger partial charge in [-0.1, -0.05) is 15.9 Å². The Morgan fingerprint density at radius 2 is 2.00 bits per heavy atom. The predicted molar refractivity (Wildman–Crippen MR) is 101 cm³/mol.